The molecule has 8 nitrogen and oxygen atoms in total. The number of aliphatic hydroxyl groups excluding tert-OH is 1. The smallest absolute Gasteiger partial charge is 0.229 e. The number of halogens is 1. The number of piperazine rings is 1. The molecule has 0 radical (unpaired) electrons. The highest BCUT2D eigenvalue weighted by molar-refractivity contribution is 6.34. The third-order valence-corrected chi connectivity index (χ3v) is 9.38. The molecule has 1 aromatic heterocycles. The van der Waals surface area contributed by atoms with E-state index in [1.807, 2.05) is 12.1 Å². The Balaban J connectivity index is 1.18. The molecular formula is C27H35ClN4O4. The fourth-order valence-corrected chi connectivity index (χ4v) is 6.72. The van der Waals surface area contributed by atoms with Gasteiger partial charge < -0.3 is 24.8 Å². The molecule has 4 aliphatic rings. The van der Waals surface area contributed by atoms with Crippen molar-refractivity contribution in [3.8, 4) is 0 Å². The second-order valence-electron chi connectivity index (χ2n) is 11.3. The Labute approximate surface area is 216 Å². The van der Waals surface area contributed by atoms with Gasteiger partial charge in [-0.25, -0.2) is 4.98 Å². The van der Waals surface area contributed by atoms with Crippen molar-refractivity contribution in [2.45, 2.75) is 50.8 Å². The van der Waals surface area contributed by atoms with Gasteiger partial charge in [0.05, 0.1) is 35.6 Å². The molecule has 6 rings (SSSR count). The van der Waals surface area contributed by atoms with Crippen molar-refractivity contribution in [1.82, 2.24) is 9.88 Å². The molecule has 194 valence electrons. The SMILES string of the molecule is C[C@H]1CN([C@@]2(C)COC[C@H]2O)CCN1c1cc2cc(NC(=O)[C@H]3CC34CCOCC4)ncc2cc1Cl. The highest BCUT2D eigenvalue weighted by Crippen LogP contribution is 2.59. The highest BCUT2D eigenvalue weighted by atomic mass is 35.5. The number of pyridine rings is 1. The molecule has 3 saturated heterocycles. The summed E-state index contributed by atoms with van der Waals surface area (Å²) >= 11 is 6.75. The molecule has 4 fully saturated rings. The zero-order valence-electron chi connectivity index (χ0n) is 21.0. The molecule has 4 atom stereocenters. The largest absolute Gasteiger partial charge is 0.389 e. The van der Waals surface area contributed by atoms with Crippen LogP contribution in [0.25, 0.3) is 10.8 Å². The van der Waals surface area contributed by atoms with E-state index in [1.54, 1.807) is 6.20 Å². The Morgan fingerprint density at radius 1 is 1.19 bits per heavy atom. The highest BCUT2D eigenvalue weighted by Gasteiger charge is 2.58. The molecule has 9 heteroatoms. The minimum Gasteiger partial charge on any atom is -0.389 e. The van der Waals surface area contributed by atoms with Crippen LogP contribution in [0.4, 0.5) is 11.5 Å². The maximum Gasteiger partial charge on any atom is 0.229 e. The minimum atomic E-state index is -0.474. The Morgan fingerprint density at radius 2 is 2.00 bits per heavy atom. The molecule has 2 aromatic rings. The van der Waals surface area contributed by atoms with Gasteiger partial charge >= 0.3 is 0 Å². The Morgan fingerprint density at radius 3 is 2.72 bits per heavy atom. The number of hydrogen-bond donors (Lipinski definition) is 2. The Bertz CT molecular complexity index is 1170. The van der Waals surface area contributed by atoms with Crippen molar-refractivity contribution in [3.63, 3.8) is 0 Å². The molecule has 1 amide bonds. The van der Waals surface area contributed by atoms with E-state index in [4.69, 9.17) is 21.1 Å². The van der Waals surface area contributed by atoms with Crippen LogP contribution in [-0.2, 0) is 14.3 Å². The Kier molecular flexibility index (Phi) is 6.16. The lowest BCUT2D eigenvalue weighted by Crippen LogP contribution is -2.63. The molecular weight excluding hydrogens is 480 g/mol. The van der Waals surface area contributed by atoms with Crippen LogP contribution < -0.4 is 10.2 Å². The van der Waals surface area contributed by atoms with Crippen LogP contribution in [-0.4, -0.2) is 84.6 Å². The summed E-state index contributed by atoms with van der Waals surface area (Å²) in [5.41, 5.74) is 0.768. The van der Waals surface area contributed by atoms with Gasteiger partial charge in [-0.3, -0.25) is 9.69 Å². The van der Waals surface area contributed by atoms with Gasteiger partial charge in [0.25, 0.3) is 0 Å². The molecule has 0 unspecified atom stereocenters. The molecule has 4 heterocycles. The predicted octanol–water partition coefficient (Wildman–Crippen LogP) is 3.30. The van der Waals surface area contributed by atoms with Crippen LogP contribution in [0.1, 0.15) is 33.1 Å². The third kappa shape index (κ3) is 4.17. The van der Waals surface area contributed by atoms with Gasteiger partial charge in [-0.15, -0.1) is 0 Å². The first kappa shape index (κ1) is 24.4. The summed E-state index contributed by atoms with van der Waals surface area (Å²) < 4.78 is 11.0. The summed E-state index contributed by atoms with van der Waals surface area (Å²) in [5, 5.41) is 16.2. The van der Waals surface area contributed by atoms with E-state index in [9.17, 15) is 9.90 Å². The normalized spacial score (nSPS) is 32.2. The van der Waals surface area contributed by atoms with Crippen molar-refractivity contribution in [3.05, 3.63) is 29.4 Å². The molecule has 36 heavy (non-hydrogen) atoms. The van der Waals surface area contributed by atoms with Crippen LogP contribution in [0.5, 0.6) is 0 Å². The van der Waals surface area contributed by atoms with Crippen LogP contribution in [0.2, 0.25) is 5.02 Å². The first-order chi connectivity index (χ1) is 17.3. The monoisotopic (exact) mass is 514 g/mol. The summed E-state index contributed by atoms with van der Waals surface area (Å²) in [5.74, 6) is 0.701. The van der Waals surface area contributed by atoms with Gasteiger partial charge in [0.2, 0.25) is 5.91 Å². The van der Waals surface area contributed by atoms with Crippen LogP contribution >= 0.6 is 11.6 Å². The molecule has 1 aliphatic carbocycles. The van der Waals surface area contributed by atoms with Crippen LogP contribution in [0, 0.1) is 11.3 Å². The second-order valence-corrected chi connectivity index (χ2v) is 11.7. The zero-order valence-corrected chi connectivity index (χ0v) is 21.8. The first-order valence-electron chi connectivity index (χ1n) is 13.0. The maximum atomic E-state index is 12.9. The number of carbonyl (C=O) groups is 1. The number of aromatic nitrogens is 1. The zero-order chi connectivity index (χ0) is 25.1. The summed E-state index contributed by atoms with van der Waals surface area (Å²) in [4.78, 5) is 22.1. The molecule has 0 bridgehead atoms. The van der Waals surface area contributed by atoms with Crippen molar-refractivity contribution < 1.29 is 19.4 Å². The molecule has 3 aliphatic heterocycles. The number of rotatable bonds is 4. The average Bonchev–Trinajstić information content (AvgIpc) is 3.44. The van der Waals surface area contributed by atoms with E-state index in [0.717, 1.165) is 68.6 Å². The number of anilines is 2. The van der Waals surface area contributed by atoms with E-state index in [0.29, 0.717) is 24.1 Å². The number of carbonyl (C=O) groups excluding carboxylic acids is 1. The predicted molar refractivity (Wildman–Crippen MR) is 140 cm³/mol. The van der Waals surface area contributed by atoms with Crippen molar-refractivity contribution in [2.24, 2.45) is 11.3 Å². The number of hydrogen-bond acceptors (Lipinski definition) is 7. The number of benzene rings is 1. The summed E-state index contributed by atoms with van der Waals surface area (Å²) in [6.07, 6.45) is 4.19. The molecule has 1 saturated carbocycles. The van der Waals surface area contributed by atoms with Crippen molar-refractivity contribution in [1.29, 1.82) is 0 Å². The quantitative estimate of drug-likeness (QED) is 0.647. The fourth-order valence-electron chi connectivity index (χ4n) is 6.44. The summed E-state index contributed by atoms with van der Waals surface area (Å²) in [6.45, 7) is 9.17. The molecule has 1 spiro atoms. The Hall–Kier alpha value is -1.97. The van der Waals surface area contributed by atoms with E-state index in [2.05, 4.69) is 40.0 Å². The van der Waals surface area contributed by atoms with Gasteiger partial charge in [-0.05, 0) is 62.1 Å². The van der Waals surface area contributed by atoms with Gasteiger partial charge in [-0.1, -0.05) is 11.6 Å². The fraction of sp³-hybridized carbons (Fsp3) is 0.630. The molecule has 1 aromatic carbocycles. The number of fused-ring (bicyclic) bond motifs is 1. The topological polar surface area (TPSA) is 87.2 Å². The lowest BCUT2D eigenvalue weighted by atomic mass is 9.93. The van der Waals surface area contributed by atoms with Gasteiger partial charge in [0.15, 0.2) is 0 Å². The number of amides is 1. The minimum absolute atomic E-state index is 0.0578. The van der Waals surface area contributed by atoms with E-state index >= 15 is 0 Å². The van der Waals surface area contributed by atoms with Crippen LogP contribution in [0.15, 0.2) is 24.4 Å². The standard InChI is InChI=1S/C27H35ClN4O4/c1-17-14-31(26(2)16-36-15-23(26)33)5-6-32(17)22-10-18-11-24(29-13-19(18)9-21(22)28)30-25(34)20-12-27(20)3-7-35-8-4-27/h9-11,13,17,20,23,33H,3-8,12,14-16H2,1-2H3,(H,29,30,34)/t17-,20+,23+,26-/m0/s1. The number of nitrogens with one attached hydrogen (secondary N) is 1. The number of aliphatic hydroxyl groups is 1. The van der Waals surface area contributed by atoms with Gasteiger partial charge in [0, 0.05) is 56.4 Å². The van der Waals surface area contributed by atoms with Gasteiger partial charge in [0.1, 0.15) is 5.82 Å². The van der Waals surface area contributed by atoms with E-state index in [1.165, 1.54) is 0 Å². The van der Waals surface area contributed by atoms with Gasteiger partial charge in [-0.2, -0.15) is 0 Å². The molecule has 2 N–H and O–H groups in total. The summed E-state index contributed by atoms with van der Waals surface area (Å²) in [7, 11) is 0. The van der Waals surface area contributed by atoms with E-state index in [-0.39, 0.29) is 28.8 Å². The third-order valence-electron chi connectivity index (χ3n) is 9.08. The summed E-state index contributed by atoms with van der Waals surface area (Å²) in [6, 6.07) is 6.22. The van der Waals surface area contributed by atoms with Crippen LogP contribution in [0.3, 0.4) is 0 Å². The number of nitrogens with zero attached hydrogens (tertiary/aromatic N) is 3. The lowest BCUT2D eigenvalue weighted by Gasteiger charge is -2.48. The van der Waals surface area contributed by atoms with Crippen molar-refractivity contribution in [2.75, 3.05) is 56.3 Å². The average molecular weight is 515 g/mol. The first-order valence-corrected chi connectivity index (χ1v) is 13.4. The van der Waals surface area contributed by atoms with Crippen molar-refractivity contribution >= 4 is 39.8 Å². The maximum absolute atomic E-state index is 12.9. The second kappa shape index (κ2) is 9.10. The lowest BCUT2D eigenvalue weighted by molar-refractivity contribution is -0.118. The van der Waals surface area contributed by atoms with E-state index < -0.39 is 6.10 Å². The number of ether oxygens (including phenoxy) is 2.